The fraction of sp³-hybridized carbons (Fsp3) is 0.0952. The van der Waals surface area contributed by atoms with Gasteiger partial charge in [0.05, 0.1) is 23.4 Å². The van der Waals surface area contributed by atoms with Gasteiger partial charge in [-0.2, -0.15) is 0 Å². The lowest BCUT2D eigenvalue weighted by atomic mass is 10.0. The first-order valence-electron chi connectivity index (χ1n) is 8.56. The number of carbonyl (C=O) groups is 2. The summed E-state index contributed by atoms with van der Waals surface area (Å²) in [7, 11) is 0. The van der Waals surface area contributed by atoms with Crippen LogP contribution in [0.1, 0.15) is 33.2 Å². The maximum atomic E-state index is 13.1. The number of aromatic nitrogens is 1. The summed E-state index contributed by atoms with van der Waals surface area (Å²) in [5, 5.41) is 9.99. The van der Waals surface area contributed by atoms with Crippen LogP contribution in [-0.2, 0) is 4.74 Å². The van der Waals surface area contributed by atoms with E-state index in [0.717, 1.165) is 10.6 Å². The number of esters is 1. The van der Waals surface area contributed by atoms with Crippen LogP contribution in [0.25, 0.3) is 5.69 Å². The van der Waals surface area contributed by atoms with Gasteiger partial charge in [-0.1, -0.05) is 30.3 Å². The smallest absolute Gasteiger partial charge is 0.341 e. The third-order valence-corrected chi connectivity index (χ3v) is 4.14. The van der Waals surface area contributed by atoms with Crippen LogP contribution in [0.15, 0.2) is 65.5 Å². The first-order chi connectivity index (χ1) is 13.5. The number of phenols is 1. The number of para-hydroxylation sites is 2. The number of pyridine rings is 1. The van der Waals surface area contributed by atoms with Gasteiger partial charge in [0.15, 0.2) is 0 Å². The lowest BCUT2D eigenvalue weighted by Gasteiger charge is -2.15. The number of rotatable bonds is 5. The molecule has 0 unspecified atom stereocenters. The van der Waals surface area contributed by atoms with Crippen molar-refractivity contribution < 1.29 is 19.4 Å². The van der Waals surface area contributed by atoms with E-state index in [0.29, 0.717) is 5.69 Å². The van der Waals surface area contributed by atoms with Crippen molar-refractivity contribution in [1.29, 1.82) is 0 Å². The number of aromatic hydroxyl groups is 1. The molecule has 28 heavy (non-hydrogen) atoms. The van der Waals surface area contributed by atoms with Crippen LogP contribution in [-0.4, -0.2) is 28.0 Å². The van der Waals surface area contributed by atoms with E-state index in [-0.39, 0.29) is 34.9 Å². The lowest BCUT2D eigenvalue weighted by molar-refractivity contribution is 0.0527. The van der Waals surface area contributed by atoms with E-state index in [1.165, 1.54) is 12.1 Å². The van der Waals surface area contributed by atoms with Crippen molar-refractivity contribution in [3.63, 3.8) is 0 Å². The molecule has 3 aromatic rings. The normalized spacial score (nSPS) is 10.5. The summed E-state index contributed by atoms with van der Waals surface area (Å²) in [5.74, 6) is -1.88. The highest BCUT2D eigenvalue weighted by Crippen LogP contribution is 2.22. The topological polar surface area (TPSA) is 112 Å². The molecule has 142 valence electrons. The van der Waals surface area contributed by atoms with Crippen molar-refractivity contribution >= 4 is 17.6 Å². The van der Waals surface area contributed by atoms with Gasteiger partial charge in [0.1, 0.15) is 17.1 Å². The molecule has 7 nitrogen and oxygen atoms in total. The Labute approximate surface area is 160 Å². The van der Waals surface area contributed by atoms with Crippen LogP contribution in [0.5, 0.6) is 5.75 Å². The minimum atomic E-state index is -0.754. The third-order valence-electron chi connectivity index (χ3n) is 4.14. The Morgan fingerprint density at radius 2 is 1.64 bits per heavy atom. The number of carbonyl (C=O) groups excluding carboxylic acids is 2. The van der Waals surface area contributed by atoms with Crippen LogP contribution in [0, 0.1) is 0 Å². The van der Waals surface area contributed by atoms with Gasteiger partial charge in [-0.3, -0.25) is 14.2 Å². The molecule has 0 amide bonds. The molecular weight excluding hydrogens is 360 g/mol. The highest BCUT2D eigenvalue weighted by atomic mass is 16.5. The lowest BCUT2D eigenvalue weighted by Crippen LogP contribution is -2.30. The molecule has 7 heteroatoms. The molecule has 0 bridgehead atoms. The van der Waals surface area contributed by atoms with Crippen molar-refractivity contribution in [3.8, 4) is 11.4 Å². The fourth-order valence-corrected chi connectivity index (χ4v) is 2.81. The van der Waals surface area contributed by atoms with Gasteiger partial charge in [0, 0.05) is 0 Å². The molecule has 0 atom stereocenters. The van der Waals surface area contributed by atoms with Gasteiger partial charge in [0.2, 0.25) is 5.78 Å². The number of nitrogens with two attached hydrogens (primary N) is 1. The molecule has 1 heterocycles. The number of anilines is 1. The van der Waals surface area contributed by atoms with Crippen molar-refractivity contribution in [2.75, 3.05) is 12.3 Å². The Hall–Kier alpha value is -3.87. The minimum Gasteiger partial charge on any atom is -0.507 e. The average Bonchev–Trinajstić information content (AvgIpc) is 2.69. The summed E-state index contributed by atoms with van der Waals surface area (Å²) in [5.41, 5.74) is 5.31. The predicted octanol–water partition coefficient (Wildman–Crippen LogP) is 2.53. The summed E-state index contributed by atoms with van der Waals surface area (Å²) in [4.78, 5) is 38.4. The number of phenolic OH excluding ortho intramolecular Hbond substituents is 1. The largest absolute Gasteiger partial charge is 0.507 e. The molecule has 3 rings (SSSR count). The molecule has 0 radical (unpaired) electrons. The Morgan fingerprint density at radius 3 is 2.29 bits per heavy atom. The summed E-state index contributed by atoms with van der Waals surface area (Å²) in [6, 6.07) is 15.4. The Bertz CT molecular complexity index is 1100. The Kier molecular flexibility index (Phi) is 5.26. The van der Waals surface area contributed by atoms with Crippen LogP contribution >= 0.6 is 0 Å². The van der Waals surface area contributed by atoms with E-state index in [1.807, 2.05) is 0 Å². The molecule has 0 aliphatic rings. The second kappa shape index (κ2) is 7.79. The van der Waals surface area contributed by atoms with Gasteiger partial charge in [-0.05, 0) is 37.3 Å². The van der Waals surface area contributed by atoms with Crippen LogP contribution in [0.3, 0.4) is 0 Å². The molecule has 1 aromatic heterocycles. The third kappa shape index (κ3) is 3.37. The van der Waals surface area contributed by atoms with Crippen molar-refractivity contribution in [3.05, 3.63) is 87.7 Å². The molecule has 0 saturated carbocycles. The zero-order valence-corrected chi connectivity index (χ0v) is 15.1. The van der Waals surface area contributed by atoms with Gasteiger partial charge in [-0.25, -0.2) is 4.79 Å². The van der Waals surface area contributed by atoms with E-state index < -0.39 is 17.3 Å². The number of hydrogen-bond acceptors (Lipinski definition) is 6. The fourth-order valence-electron chi connectivity index (χ4n) is 2.81. The standard InChI is InChI=1S/C21H18N2O5/c1-2-28-21(27)16-12-15(18(25)14-10-6-7-11-17(14)24)20(26)23(19(16)22)13-8-4-3-5-9-13/h3-12,24H,2,22H2,1H3. The predicted molar refractivity (Wildman–Crippen MR) is 104 cm³/mol. The highest BCUT2D eigenvalue weighted by molar-refractivity contribution is 6.11. The zero-order valence-electron chi connectivity index (χ0n) is 15.1. The molecule has 0 fully saturated rings. The monoisotopic (exact) mass is 378 g/mol. The summed E-state index contributed by atoms with van der Waals surface area (Å²) < 4.78 is 6.09. The highest BCUT2D eigenvalue weighted by Gasteiger charge is 2.25. The summed E-state index contributed by atoms with van der Waals surface area (Å²) in [6.07, 6.45) is 0. The maximum absolute atomic E-state index is 13.1. The first-order valence-corrected chi connectivity index (χ1v) is 8.56. The number of nitrogen functional groups attached to an aromatic ring is 1. The van der Waals surface area contributed by atoms with Gasteiger partial charge >= 0.3 is 5.97 Å². The van der Waals surface area contributed by atoms with E-state index in [4.69, 9.17) is 10.5 Å². The van der Waals surface area contributed by atoms with E-state index in [9.17, 15) is 19.5 Å². The van der Waals surface area contributed by atoms with E-state index in [1.54, 1.807) is 49.4 Å². The number of hydrogen-bond donors (Lipinski definition) is 2. The molecule has 0 spiro atoms. The van der Waals surface area contributed by atoms with Crippen LogP contribution in [0.4, 0.5) is 5.82 Å². The molecule has 0 aliphatic heterocycles. The van der Waals surface area contributed by atoms with E-state index in [2.05, 4.69) is 0 Å². The SMILES string of the molecule is CCOC(=O)c1cc(C(=O)c2ccccc2O)c(=O)n(-c2ccccc2)c1N. The second-order valence-corrected chi connectivity index (χ2v) is 5.90. The van der Waals surface area contributed by atoms with Gasteiger partial charge in [0.25, 0.3) is 5.56 Å². The molecule has 0 aliphatic carbocycles. The molecular formula is C21H18N2O5. The number of ether oxygens (including phenoxy) is 1. The zero-order chi connectivity index (χ0) is 20.3. The molecule has 0 saturated heterocycles. The Morgan fingerprint density at radius 1 is 1.00 bits per heavy atom. The summed E-state index contributed by atoms with van der Waals surface area (Å²) in [6.45, 7) is 1.74. The quantitative estimate of drug-likeness (QED) is 0.521. The summed E-state index contributed by atoms with van der Waals surface area (Å²) >= 11 is 0. The number of ketones is 1. The van der Waals surface area contributed by atoms with Crippen molar-refractivity contribution in [2.45, 2.75) is 6.92 Å². The van der Waals surface area contributed by atoms with Crippen LogP contribution in [0.2, 0.25) is 0 Å². The minimum absolute atomic E-state index is 0.0567. The molecule has 3 N–H and O–H groups in total. The second-order valence-electron chi connectivity index (χ2n) is 5.90. The number of benzene rings is 2. The van der Waals surface area contributed by atoms with Crippen molar-refractivity contribution in [2.24, 2.45) is 0 Å². The van der Waals surface area contributed by atoms with Gasteiger partial charge < -0.3 is 15.6 Å². The van der Waals surface area contributed by atoms with Crippen LogP contribution < -0.4 is 11.3 Å². The van der Waals surface area contributed by atoms with Crippen molar-refractivity contribution in [1.82, 2.24) is 4.57 Å². The van der Waals surface area contributed by atoms with Gasteiger partial charge in [-0.15, -0.1) is 0 Å². The maximum Gasteiger partial charge on any atom is 0.341 e. The molecule has 2 aromatic carbocycles. The number of nitrogens with zero attached hydrogens (tertiary/aromatic N) is 1. The van der Waals surface area contributed by atoms with E-state index >= 15 is 0 Å². The first kappa shape index (κ1) is 18.9. The Balaban J connectivity index is 2.30. The average molecular weight is 378 g/mol.